The minimum Gasteiger partial charge on any atom is -0.383 e. The molecule has 47 heavy (non-hydrogen) atoms. The highest BCUT2D eigenvalue weighted by molar-refractivity contribution is 7.99. The Morgan fingerprint density at radius 2 is 0.872 bits per heavy atom. The molecule has 0 unspecified atom stereocenters. The van der Waals surface area contributed by atoms with E-state index in [4.69, 9.17) is 12.5 Å². The highest BCUT2D eigenvalue weighted by atomic mass is 32.2. The normalized spacial score (nSPS) is 13.8. The molecule has 13 heteroatoms. The fourth-order valence-electron chi connectivity index (χ4n) is 5.86. The second-order valence-corrected chi connectivity index (χ2v) is 16.9. The quantitative estimate of drug-likeness (QED) is 0.151. The van der Waals surface area contributed by atoms with Crippen molar-refractivity contribution < 1.29 is 37.8 Å². The third-order valence-corrected chi connectivity index (χ3v) is 9.88. The first-order chi connectivity index (χ1) is 22.1. The summed E-state index contributed by atoms with van der Waals surface area (Å²) in [5.41, 5.74) is 4.69. The van der Waals surface area contributed by atoms with Crippen LogP contribution < -0.4 is 12.5 Å². The molecule has 0 aromatic heterocycles. The van der Waals surface area contributed by atoms with Crippen LogP contribution in [0.5, 0.6) is 17.2 Å². The Hall–Kier alpha value is -4.30. The monoisotopic (exact) mass is 708 g/mol. The van der Waals surface area contributed by atoms with Gasteiger partial charge in [-0.15, -0.1) is 0 Å². The summed E-state index contributed by atoms with van der Waals surface area (Å²) < 4.78 is 85.7. The first-order valence-electron chi connectivity index (χ1n) is 14.0. The molecule has 5 aromatic carbocycles. The van der Waals surface area contributed by atoms with Crippen LogP contribution in [0.1, 0.15) is 22.3 Å². The van der Waals surface area contributed by atoms with E-state index in [2.05, 4.69) is 12.1 Å². The molecular formula is C34H28O9S4. The molecule has 9 nitrogen and oxygen atoms in total. The Morgan fingerprint density at radius 3 is 1.34 bits per heavy atom. The third kappa shape index (κ3) is 7.03. The highest BCUT2D eigenvalue weighted by Crippen LogP contribution is 2.57. The summed E-state index contributed by atoms with van der Waals surface area (Å²) in [7, 11) is -11.1. The fourth-order valence-corrected chi connectivity index (χ4v) is 8.09. The highest BCUT2D eigenvalue weighted by Gasteiger charge is 2.46. The first-order valence-corrected chi connectivity index (χ1v) is 20.3. The summed E-state index contributed by atoms with van der Waals surface area (Å²) >= 11 is 1.49. The maximum Gasteiger partial charge on any atom is 0.306 e. The lowest BCUT2D eigenvalue weighted by Crippen LogP contribution is -2.28. The molecule has 1 aliphatic carbocycles. The second-order valence-electron chi connectivity index (χ2n) is 11.0. The van der Waals surface area contributed by atoms with Gasteiger partial charge < -0.3 is 12.5 Å². The van der Waals surface area contributed by atoms with E-state index in [0.29, 0.717) is 0 Å². The first kappa shape index (κ1) is 32.6. The fraction of sp³-hybridized carbons (Fsp3) is 0.118. The van der Waals surface area contributed by atoms with Gasteiger partial charge in [0.15, 0.2) is 0 Å². The van der Waals surface area contributed by atoms with E-state index >= 15 is 0 Å². The van der Waals surface area contributed by atoms with Crippen molar-refractivity contribution in [2.24, 2.45) is 0 Å². The van der Waals surface area contributed by atoms with Gasteiger partial charge >= 0.3 is 30.4 Å². The Labute approximate surface area is 278 Å². The van der Waals surface area contributed by atoms with Gasteiger partial charge in [0, 0.05) is 9.79 Å². The molecule has 0 bridgehead atoms. The second kappa shape index (κ2) is 12.1. The van der Waals surface area contributed by atoms with Crippen molar-refractivity contribution in [3.8, 4) is 28.4 Å². The maximum absolute atomic E-state index is 11.8. The summed E-state index contributed by atoms with van der Waals surface area (Å²) in [4.78, 5) is 1.77. The van der Waals surface area contributed by atoms with Gasteiger partial charge in [-0.25, -0.2) is 0 Å². The van der Waals surface area contributed by atoms with E-state index in [-0.39, 0.29) is 17.2 Å². The van der Waals surface area contributed by atoms with Crippen molar-refractivity contribution >= 4 is 42.1 Å². The Bertz CT molecular complexity index is 2220. The molecule has 0 fully saturated rings. The molecule has 0 radical (unpaired) electrons. The third-order valence-electron chi connectivity index (χ3n) is 7.39. The molecule has 0 heterocycles. The van der Waals surface area contributed by atoms with Crippen LogP contribution in [0.3, 0.4) is 0 Å². The van der Waals surface area contributed by atoms with E-state index in [1.807, 2.05) is 54.6 Å². The number of fused-ring (bicyclic) bond motifs is 3. The molecule has 0 N–H and O–H groups in total. The van der Waals surface area contributed by atoms with Gasteiger partial charge in [-0.3, -0.25) is 0 Å². The van der Waals surface area contributed by atoms with Crippen molar-refractivity contribution in [3.05, 3.63) is 138 Å². The molecule has 6 rings (SSSR count). The number of hydrogen-bond acceptors (Lipinski definition) is 10. The van der Waals surface area contributed by atoms with Gasteiger partial charge in [0.1, 0.15) is 17.2 Å². The van der Waals surface area contributed by atoms with E-state index in [1.165, 1.54) is 11.8 Å². The summed E-state index contributed by atoms with van der Waals surface area (Å²) in [6, 6.07) is 34.7. The predicted molar refractivity (Wildman–Crippen MR) is 181 cm³/mol. The van der Waals surface area contributed by atoms with Crippen LogP contribution in [0.2, 0.25) is 0 Å². The summed E-state index contributed by atoms with van der Waals surface area (Å²) in [6.07, 6.45) is 2.96. The molecule has 5 aromatic rings. The molecular weight excluding hydrogens is 681 g/mol. The van der Waals surface area contributed by atoms with Crippen molar-refractivity contribution in [2.45, 2.75) is 15.2 Å². The zero-order valence-corrected chi connectivity index (χ0v) is 28.5. The van der Waals surface area contributed by atoms with Gasteiger partial charge in [0.05, 0.1) is 24.2 Å². The minimum absolute atomic E-state index is 0.169. The Kier molecular flexibility index (Phi) is 8.37. The number of rotatable bonds is 10. The topological polar surface area (TPSA) is 130 Å². The van der Waals surface area contributed by atoms with Crippen LogP contribution >= 0.6 is 11.8 Å². The lowest BCUT2D eigenvalue weighted by Gasteiger charge is -2.34. The van der Waals surface area contributed by atoms with Gasteiger partial charge in [-0.2, -0.15) is 25.3 Å². The molecule has 0 aliphatic heterocycles. The minimum atomic E-state index is -3.74. The van der Waals surface area contributed by atoms with Crippen molar-refractivity contribution in [2.75, 3.05) is 18.8 Å². The molecule has 0 spiro atoms. The zero-order chi connectivity index (χ0) is 33.6. The van der Waals surface area contributed by atoms with Crippen LogP contribution in [-0.2, 0) is 35.8 Å². The largest absolute Gasteiger partial charge is 0.383 e. The predicted octanol–water partition coefficient (Wildman–Crippen LogP) is 6.22. The molecule has 0 amide bonds. The van der Waals surface area contributed by atoms with Gasteiger partial charge in [-0.05, 0) is 94.0 Å². The molecule has 0 saturated carbocycles. The standard InChI is InChI=1S/C34H28O9S4/c1-45(35,36)41-25-12-8-23(9-13-25)34(24-10-14-26(15-11-24)42-46(2,37)38)32-7-5-4-6-30(32)31-21-20-29(22-33(31)34)44-28-18-16-27(17-19-28)43-47(3,39)40/h4-22H,1-3H3. The molecule has 242 valence electrons. The van der Waals surface area contributed by atoms with E-state index in [9.17, 15) is 25.3 Å². The van der Waals surface area contributed by atoms with Gasteiger partial charge in [0.25, 0.3) is 0 Å². The van der Waals surface area contributed by atoms with Crippen LogP contribution in [0, 0.1) is 0 Å². The van der Waals surface area contributed by atoms with Crippen molar-refractivity contribution in [3.63, 3.8) is 0 Å². The van der Waals surface area contributed by atoms with Crippen LogP contribution in [0.15, 0.2) is 125 Å². The maximum atomic E-state index is 11.8. The summed E-state index contributed by atoms with van der Waals surface area (Å²) in [5, 5.41) is 0. The lowest BCUT2D eigenvalue weighted by atomic mass is 9.67. The van der Waals surface area contributed by atoms with Crippen molar-refractivity contribution in [1.29, 1.82) is 0 Å². The number of benzene rings is 5. The zero-order valence-electron chi connectivity index (χ0n) is 25.3. The SMILES string of the molecule is CS(=O)(=O)Oc1ccc(Sc2ccc3c(c2)C(c2ccc(OS(C)(=O)=O)cc2)(c2ccc(OS(C)(=O)=O)cc2)c2ccccc2-3)cc1. The Balaban J connectivity index is 1.52. The average molecular weight is 709 g/mol. The number of hydrogen-bond donors (Lipinski definition) is 0. The lowest BCUT2D eigenvalue weighted by molar-refractivity contribution is 0.490. The van der Waals surface area contributed by atoms with E-state index in [1.54, 1.807) is 48.5 Å². The average Bonchev–Trinajstić information content (AvgIpc) is 3.27. The summed E-state index contributed by atoms with van der Waals surface area (Å²) in [6.45, 7) is 0. The molecule has 1 aliphatic rings. The Morgan fingerprint density at radius 1 is 0.468 bits per heavy atom. The molecule has 0 saturated heterocycles. The van der Waals surface area contributed by atoms with Crippen molar-refractivity contribution in [1.82, 2.24) is 0 Å². The smallest absolute Gasteiger partial charge is 0.306 e. The van der Waals surface area contributed by atoms with Gasteiger partial charge in [-0.1, -0.05) is 66.4 Å². The van der Waals surface area contributed by atoms with E-state index in [0.717, 1.165) is 61.9 Å². The van der Waals surface area contributed by atoms with Crippen LogP contribution in [0.4, 0.5) is 0 Å². The van der Waals surface area contributed by atoms with Gasteiger partial charge in [0.2, 0.25) is 0 Å². The van der Waals surface area contributed by atoms with E-state index < -0.39 is 35.8 Å². The molecule has 0 atom stereocenters. The summed E-state index contributed by atoms with van der Waals surface area (Å²) in [5.74, 6) is 0.552. The van der Waals surface area contributed by atoms with Crippen LogP contribution in [0.25, 0.3) is 11.1 Å². The van der Waals surface area contributed by atoms with Crippen LogP contribution in [-0.4, -0.2) is 44.0 Å².